The van der Waals surface area contributed by atoms with Gasteiger partial charge in [0, 0.05) is 32.5 Å². The van der Waals surface area contributed by atoms with E-state index in [1.165, 1.54) is 0 Å². The molecule has 1 fully saturated rings. The Bertz CT molecular complexity index is 669. The third-order valence-electron chi connectivity index (χ3n) is 4.37. The van der Waals surface area contributed by atoms with Crippen molar-refractivity contribution in [2.24, 2.45) is 5.92 Å². The van der Waals surface area contributed by atoms with E-state index in [0.29, 0.717) is 19.0 Å². The van der Waals surface area contributed by atoms with Crippen molar-refractivity contribution >= 4 is 6.03 Å². The minimum Gasteiger partial charge on any atom is -0.391 e. The molecule has 1 atom stereocenters. The molecule has 3 rings (SSSR count). The van der Waals surface area contributed by atoms with E-state index in [9.17, 15) is 9.90 Å². The lowest BCUT2D eigenvalue weighted by molar-refractivity contribution is 0.113. The molecule has 1 aromatic heterocycles. The number of aromatic nitrogens is 1. The quantitative estimate of drug-likeness (QED) is 0.858. The fourth-order valence-electron chi connectivity index (χ4n) is 2.65. The molecule has 2 aromatic rings. The van der Waals surface area contributed by atoms with Crippen LogP contribution in [0.25, 0.3) is 11.1 Å². The van der Waals surface area contributed by atoms with Crippen LogP contribution in [0.5, 0.6) is 0 Å². The maximum absolute atomic E-state index is 12.1. The van der Waals surface area contributed by atoms with Gasteiger partial charge in [-0.05, 0) is 41.5 Å². The number of urea groups is 1. The summed E-state index contributed by atoms with van der Waals surface area (Å²) in [5.41, 5.74) is 3.21. The lowest BCUT2D eigenvalue weighted by atomic mass is 10.1. The Morgan fingerprint density at radius 2 is 2.04 bits per heavy atom. The Labute approximate surface area is 142 Å². The van der Waals surface area contributed by atoms with Crippen LogP contribution in [0, 0.1) is 5.92 Å². The number of carbonyl (C=O) groups excluding carboxylic acids is 1. The molecule has 0 spiro atoms. The van der Waals surface area contributed by atoms with Crippen molar-refractivity contribution in [3.8, 4) is 11.1 Å². The SMILES string of the molecule is CN(CC(O)C1CC1)C(=O)NCc1ccc(-c2cccnc2)cc1. The van der Waals surface area contributed by atoms with Crippen molar-refractivity contribution < 1.29 is 9.90 Å². The Morgan fingerprint density at radius 1 is 1.29 bits per heavy atom. The lowest BCUT2D eigenvalue weighted by Gasteiger charge is -2.21. The molecule has 1 heterocycles. The number of benzene rings is 1. The van der Waals surface area contributed by atoms with Crippen molar-refractivity contribution in [3.63, 3.8) is 0 Å². The molecule has 0 radical (unpaired) electrons. The monoisotopic (exact) mass is 325 g/mol. The second kappa shape index (κ2) is 7.45. The lowest BCUT2D eigenvalue weighted by Crippen LogP contribution is -2.41. The summed E-state index contributed by atoms with van der Waals surface area (Å²) in [5, 5.41) is 12.8. The number of amides is 2. The van der Waals surface area contributed by atoms with Crippen molar-refractivity contribution in [3.05, 3.63) is 54.4 Å². The van der Waals surface area contributed by atoms with Gasteiger partial charge in [0.15, 0.2) is 0 Å². The Hall–Kier alpha value is -2.40. The second-order valence-corrected chi connectivity index (χ2v) is 6.38. The van der Waals surface area contributed by atoms with Gasteiger partial charge in [-0.3, -0.25) is 4.98 Å². The first-order chi connectivity index (χ1) is 11.6. The van der Waals surface area contributed by atoms with Crippen molar-refractivity contribution in [2.75, 3.05) is 13.6 Å². The highest BCUT2D eigenvalue weighted by Crippen LogP contribution is 2.32. The van der Waals surface area contributed by atoms with Crippen LogP contribution < -0.4 is 5.32 Å². The Kier molecular flexibility index (Phi) is 5.11. The van der Waals surface area contributed by atoms with Gasteiger partial charge in [-0.2, -0.15) is 0 Å². The summed E-state index contributed by atoms with van der Waals surface area (Å²) in [7, 11) is 1.71. The normalized spacial score (nSPS) is 14.9. The number of rotatable bonds is 6. The van der Waals surface area contributed by atoms with Crippen LogP contribution in [0.2, 0.25) is 0 Å². The smallest absolute Gasteiger partial charge is 0.317 e. The maximum Gasteiger partial charge on any atom is 0.317 e. The third kappa shape index (κ3) is 4.32. The number of pyridine rings is 1. The van der Waals surface area contributed by atoms with Gasteiger partial charge >= 0.3 is 6.03 Å². The van der Waals surface area contributed by atoms with Gasteiger partial charge in [-0.15, -0.1) is 0 Å². The predicted molar refractivity (Wildman–Crippen MR) is 93.3 cm³/mol. The standard InChI is InChI=1S/C19H23N3O2/c1-22(13-18(23)16-8-9-16)19(24)21-11-14-4-6-15(7-5-14)17-3-2-10-20-12-17/h2-7,10,12,16,18,23H,8-9,11,13H2,1H3,(H,21,24). The summed E-state index contributed by atoms with van der Waals surface area (Å²) in [6.07, 6.45) is 5.32. The van der Waals surface area contributed by atoms with E-state index in [1.54, 1.807) is 18.1 Å². The molecule has 24 heavy (non-hydrogen) atoms. The minimum absolute atomic E-state index is 0.161. The number of carbonyl (C=O) groups is 1. The fourth-order valence-corrected chi connectivity index (χ4v) is 2.65. The molecule has 5 heteroatoms. The van der Waals surface area contributed by atoms with Crippen LogP contribution in [0.4, 0.5) is 4.79 Å². The summed E-state index contributed by atoms with van der Waals surface area (Å²) in [6, 6.07) is 11.8. The van der Waals surface area contributed by atoms with Crippen molar-refractivity contribution in [1.29, 1.82) is 0 Å². The number of hydrogen-bond acceptors (Lipinski definition) is 3. The zero-order valence-corrected chi connectivity index (χ0v) is 13.9. The first-order valence-electron chi connectivity index (χ1n) is 8.30. The first kappa shape index (κ1) is 16.5. The third-order valence-corrected chi connectivity index (χ3v) is 4.37. The molecule has 2 N–H and O–H groups in total. The predicted octanol–water partition coefficient (Wildman–Crippen LogP) is 2.66. The van der Waals surface area contributed by atoms with Crippen molar-refractivity contribution in [1.82, 2.24) is 15.2 Å². The largest absolute Gasteiger partial charge is 0.391 e. The van der Waals surface area contributed by atoms with Gasteiger partial charge in [0.1, 0.15) is 0 Å². The summed E-state index contributed by atoms with van der Waals surface area (Å²) in [6.45, 7) is 0.854. The molecule has 0 aliphatic heterocycles. The summed E-state index contributed by atoms with van der Waals surface area (Å²) in [5.74, 6) is 0.375. The van der Waals surface area contributed by atoms with Gasteiger partial charge < -0.3 is 15.3 Å². The number of aliphatic hydroxyl groups excluding tert-OH is 1. The molecule has 126 valence electrons. The molecule has 5 nitrogen and oxygen atoms in total. The van der Waals surface area contributed by atoms with E-state index in [0.717, 1.165) is 29.5 Å². The summed E-state index contributed by atoms with van der Waals surface area (Å²) < 4.78 is 0. The molecule has 1 saturated carbocycles. The Balaban J connectivity index is 1.50. The van der Waals surface area contributed by atoms with Gasteiger partial charge in [0.2, 0.25) is 0 Å². The highest BCUT2D eigenvalue weighted by atomic mass is 16.3. The van der Waals surface area contributed by atoms with Gasteiger partial charge in [0.25, 0.3) is 0 Å². The van der Waals surface area contributed by atoms with Crippen LogP contribution in [-0.4, -0.2) is 40.7 Å². The molecular formula is C19H23N3O2. The van der Waals surface area contributed by atoms with Crippen LogP contribution in [0.3, 0.4) is 0 Å². The van der Waals surface area contributed by atoms with E-state index >= 15 is 0 Å². The minimum atomic E-state index is -0.403. The molecule has 0 bridgehead atoms. The first-order valence-corrected chi connectivity index (χ1v) is 8.30. The molecular weight excluding hydrogens is 302 g/mol. The average molecular weight is 325 g/mol. The number of aliphatic hydroxyl groups is 1. The zero-order valence-electron chi connectivity index (χ0n) is 13.9. The van der Waals surface area contributed by atoms with Gasteiger partial charge in [-0.1, -0.05) is 30.3 Å². The topological polar surface area (TPSA) is 65.5 Å². The molecule has 1 aliphatic rings. The van der Waals surface area contributed by atoms with Crippen molar-refractivity contribution in [2.45, 2.75) is 25.5 Å². The summed E-state index contributed by atoms with van der Waals surface area (Å²) in [4.78, 5) is 17.7. The second-order valence-electron chi connectivity index (χ2n) is 6.38. The van der Waals surface area contributed by atoms with E-state index in [1.807, 2.05) is 42.6 Å². The number of nitrogens with one attached hydrogen (secondary N) is 1. The molecule has 1 aromatic carbocycles. The van der Waals surface area contributed by atoms with Crippen LogP contribution in [0.15, 0.2) is 48.8 Å². The zero-order chi connectivity index (χ0) is 16.9. The Morgan fingerprint density at radius 3 is 2.67 bits per heavy atom. The van der Waals surface area contributed by atoms with E-state index in [4.69, 9.17) is 0 Å². The number of likely N-dealkylation sites (N-methyl/N-ethyl adjacent to an activating group) is 1. The van der Waals surface area contributed by atoms with E-state index in [-0.39, 0.29) is 6.03 Å². The molecule has 1 unspecified atom stereocenters. The van der Waals surface area contributed by atoms with E-state index in [2.05, 4.69) is 10.3 Å². The van der Waals surface area contributed by atoms with Crippen LogP contribution >= 0.6 is 0 Å². The number of hydrogen-bond donors (Lipinski definition) is 2. The number of nitrogens with zero attached hydrogens (tertiary/aromatic N) is 2. The highest BCUT2D eigenvalue weighted by Gasteiger charge is 2.31. The van der Waals surface area contributed by atoms with Gasteiger partial charge in [0.05, 0.1) is 6.10 Å². The fraction of sp³-hybridized carbons (Fsp3) is 0.368. The van der Waals surface area contributed by atoms with Gasteiger partial charge in [-0.25, -0.2) is 4.79 Å². The van der Waals surface area contributed by atoms with E-state index < -0.39 is 6.10 Å². The summed E-state index contributed by atoms with van der Waals surface area (Å²) >= 11 is 0. The van der Waals surface area contributed by atoms with Crippen LogP contribution in [-0.2, 0) is 6.54 Å². The van der Waals surface area contributed by atoms with Crippen LogP contribution in [0.1, 0.15) is 18.4 Å². The average Bonchev–Trinajstić information content (AvgIpc) is 3.46. The molecule has 2 amide bonds. The molecule has 0 saturated heterocycles. The molecule has 1 aliphatic carbocycles. The maximum atomic E-state index is 12.1. The highest BCUT2D eigenvalue weighted by molar-refractivity contribution is 5.74.